The Hall–Kier alpha value is 0.120. The Balaban J connectivity index is 0.00000144. The molecule has 1 atom stereocenters. The van der Waals surface area contributed by atoms with Crippen molar-refractivity contribution in [2.24, 2.45) is 5.92 Å². The second-order valence-electron chi connectivity index (χ2n) is 4.87. The van der Waals surface area contributed by atoms with Crippen LogP contribution in [0.15, 0.2) is 0 Å². The maximum Gasteiger partial charge on any atom is 0.279 e. The van der Waals surface area contributed by atoms with Gasteiger partial charge in [-0.3, -0.25) is 0 Å². The van der Waals surface area contributed by atoms with Crippen LogP contribution in [0.4, 0.5) is 0 Å². The van der Waals surface area contributed by atoms with Crippen molar-refractivity contribution in [3.8, 4) is 0 Å². The van der Waals surface area contributed by atoms with E-state index in [0.717, 1.165) is 19.4 Å². The summed E-state index contributed by atoms with van der Waals surface area (Å²) < 4.78 is 27.8. The monoisotopic (exact) mass is 283 g/mol. The molecule has 0 amide bonds. The number of rotatable bonds is 6. The summed E-state index contributed by atoms with van der Waals surface area (Å²) in [5.41, 5.74) is 0. The molecule has 1 aliphatic carbocycles. The van der Waals surface area contributed by atoms with Gasteiger partial charge in [0, 0.05) is 26.2 Å². The summed E-state index contributed by atoms with van der Waals surface area (Å²) in [5, 5.41) is 3.28. The third-order valence-electron chi connectivity index (χ3n) is 3.30. The summed E-state index contributed by atoms with van der Waals surface area (Å²) in [5.74, 6) is 0.589. The molecule has 1 heterocycles. The van der Waals surface area contributed by atoms with Gasteiger partial charge in [-0.2, -0.15) is 12.7 Å². The quantitative estimate of drug-likeness (QED) is 0.739. The third-order valence-corrected chi connectivity index (χ3v) is 4.80. The van der Waals surface area contributed by atoms with Crippen molar-refractivity contribution in [1.29, 1.82) is 0 Å². The van der Waals surface area contributed by atoms with Gasteiger partial charge in [-0.05, 0) is 38.1 Å². The van der Waals surface area contributed by atoms with Gasteiger partial charge in [0.2, 0.25) is 0 Å². The fourth-order valence-electron chi connectivity index (χ4n) is 2.01. The molecule has 0 aromatic heterocycles. The van der Waals surface area contributed by atoms with Crippen molar-refractivity contribution in [3.63, 3.8) is 0 Å². The van der Waals surface area contributed by atoms with Gasteiger partial charge in [-0.25, -0.2) is 4.72 Å². The van der Waals surface area contributed by atoms with Crippen LogP contribution in [0.1, 0.15) is 25.7 Å². The van der Waals surface area contributed by atoms with Gasteiger partial charge in [0.25, 0.3) is 10.2 Å². The van der Waals surface area contributed by atoms with Gasteiger partial charge in [-0.15, -0.1) is 12.4 Å². The van der Waals surface area contributed by atoms with E-state index in [-0.39, 0.29) is 12.4 Å². The minimum absolute atomic E-state index is 0. The molecule has 2 aliphatic rings. The fraction of sp³-hybridized carbons (Fsp3) is 1.00. The lowest BCUT2D eigenvalue weighted by molar-refractivity contribution is 0.438. The number of halogens is 1. The molecule has 1 saturated carbocycles. The Morgan fingerprint density at radius 1 is 1.35 bits per heavy atom. The van der Waals surface area contributed by atoms with Gasteiger partial charge in [0.05, 0.1) is 0 Å². The summed E-state index contributed by atoms with van der Waals surface area (Å²) in [6.45, 7) is 2.18. The minimum Gasteiger partial charge on any atom is -0.313 e. The van der Waals surface area contributed by atoms with Crippen molar-refractivity contribution < 1.29 is 8.42 Å². The first-order valence-electron chi connectivity index (χ1n) is 6.02. The highest BCUT2D eigenvalue weighted by Gasteiger charge is 2.28. The third kappa shape index (κ3) is 4.71. The molecule has 0 bridgehead atoms. The molecule has 1 aliphatic heterocycles. The van der Waals surface area contributed by atoms with Gasteiger partial charge < -0.3 is 5.32 Å². The van der Waals surface area contributed by atoms with Crippen LogP contribution in [-0.2, 0) is 10.2 Å². The molecule has 102 valence electrons. The van der Waals surface area contributed by atoms with E-state index in [9.17, 15) is 8.42 Å². The van der Waals surface area contributed by atoms with Crippen LogP contribution in [0.25, 0.3) is 0 Å². The van der Waals surface area contributed by atoms with Crippen molar-refractivity contribution >= 4 is 22.6 Å². The van der Waals surface area contributed by atoms with Crippen LogP contribution in [-0.4, -0.2) is 45.4 Å². The van der Waals surface area contributed by atoms with Crippen LogP contribution >= 0.6 is 12.4 Å². The molecule has 2 N–H and O–H groups in total. The number of nitrogens with one attached hydrogen (secondary N) is 2. The molecular weight excluding hydrogens is 262 g/mol. The van der Waals surface area contributed by atoms with E-state index in [1.165, 1.54) is 17.1 Å². The van der Waals surface area contributed by atoms with Crippen LogP contribution in [0.3, 0.4) is 0 Å². The SMILES string of the molecule is CN(CC1CC1)S(=O)(=O)NCC1CCCN1.Cl. The maximum absolute atomic E-state index is 11.8. The van der Waals surface area contributed by atoms with Gasteiger partial charge in [-0.1, -0.05) is 0 Å². The standard InChI is InChI=1S/C10H21N3O2S.ClH/c1-13(8-9-4-5-9)16(14,15)12-7-10-3-2-6-11-10;/h9-12H,2-8H2,1H3;1H. The van der Waals surface area contributed by atoms with E-state index in [2.05, 4.69) is 10.0 Å². The molecule has 2 rings (SSSR count). The summed E-state index contributed by atoms with van der Waals surface area (Å²) in [4.78, 5) is 0. The average Bonchev–Trinajstić information content (AvgIpc) is 2.90. The first kappa shape index (κ1) is 15.2. The molecule has 0 radical (unpaired) electrons. The Bertz CT molecular complexity index is 326. The van der Waals surface area contributed by atoms with Crippen LogP contribution < -0.4 is 10.0 Å². The largest absolute Gasteiger partial charge is 0.313 e. The zero-order valence-electron chi connectivity index (χ0n) is 10.2. The second kappa shape index (κ2) is 6.33. The zero-order chi connectivity index (χ0) is 11.6. The average molecular weight is 284 g/mol. The number of hydrogen-bond donors (Lipinski definition) is 2. The zero-order valence-corrected chi connectivity index (χ0v) is 11.8. The van der Waals surface area contributed by atoms with Crippen molar-refractivity contribution in [2.45, 2.75) is 31.7 Å². The van der Waals surface area contributed by atoms with E-state index in [4.69, 9.17) is 0 Å². The van der Waals surface area contributed by atoms with E-state index in [1.54, 1.807) is 7.05 Å². The van der Waals surface area contributed by atoms with Crippen LogP contribution in [0.5, 0.6) is 0 Å². The van der Waals surface area contributed by atoms with Crippen molar-refractivity contribution in [3.05, 3.63) is 0 Å². The minimum atomic E-state index is -3.26. The van der Waals surface area contributed by atoms with Gasteiger partial charge in [0.1, 0.15) is 0 Å². The normalized spacial score (nSPS) is 24.9. The molecule has 7 heteroatoms. The molecule has 1 saturated heterocycles. The molecule has 5 nitrogen and oxygen atoms in total. The topological polar surface area (TPSA) is 61.4 Å². The van der Waals surface area contributed by atoms with Crippen molar-refractivity contribution in [1.82, 2.24) is 14.3 Å². The van der Waals surface area contributed by atoms with Gasteiger partial charge in [0.15, 0.2) is 0 Å². The van der Waals surface area contributed by atoms with Crippen LogP contribution in [0.2, 0.25) is 0 Å². The highest BCUT2D eigenvalue weighted by atomic mass is 35.5. The summed E-state index contributed by atoms with van der Waals surface area (Å²) in [6.07, 6.45) is 4.55. The Morgan fingerprint density at radius 3 is 2.59 bits per heavy atom. The molecule has 2 fully saturated rings. The molecule has 0 aromatic rings. The van der Waals surface area contributed by atoms with Gasteiger partial charge >= 0.3 is 0 Å². The highest BCUT2D eigenvalue weighted by molar-refractivity contribution is 7.87. The lowest BCUT2D eigenvalue weighted by atomic mass is 10.2. The molecular formula is C10H22ClN3O2S. The molecule has 0 aromatic carbocycles. The lowest BCUT2D eigenvalue weighted by Crippen LogP contribution is -2.44. The molecule has 17 heavy (non-hydrogen) atoms. The van der Waals surface area contributed by atoms with Crippen LogP contribution in [0, 0.1) is 5.92 Å². The summed E-state index contributed by atoms with van der Waals surface area (Å²) >= 11 is 0. The maximum atomic E-state index is 11.8. The Kier molecular flexibility index (Phi) is 5.66. The predicted octanol–water partition coefficient (Wildman–Crippen LogP) is 0.336. The smallest absolute Gasteiger partial charge is 0.279 e. The molecule has 0 spiro atoms. The van der Waals surface area contributed by atoms with E-state index in [1.807, 2.05) is 0 Å². The number of nitrogens with zero attached hydrogens (tertiary/aromatic N) is 1. The lowest BCUT2D eigenvalue weighted by Gasteiger charge is -2.19. The predicted molar refractivity (Wildman–Crippen MR) is 70.5 cm³/mol. The highest BCUT2D eigenvalue weighted by Crippen LogP contribution is 2.29. The van der Waals surface area contributed by atoms with E-state index in [0.29, 0.717) is 25.0 Å². The fourth-order valence-corrected chi connectivity index (χ4v) is 3.05. The Morgan fingerprint density at radius 2 is 2.06 bits per heavy atom. The second-order valence-corrected chi connectivity index (χ2v) is 6.73. The summed E-state index contributed by atoms with van der Waals surface area (Å²) in [7, 11) is -1.60. The first-order chi connectivity index (χ1) is 7.58. The van der Waals surface area contributed by atoms with E-state index >= 15 is 0 Å². The Labute approximate surface area is 110 Å². The van der Waals surface area contributed by atoms with E-state index < -0.39 is 10.2 Å². The first-order valence-corrected chi connectivity index (χ1v) is 7.46. The number of hydrogen-bond acceptors (Lipinski definition) is 3. The van der Waals surface area contributed by atoms with Crippen molar-refractivity contribution in [2.75, 3.05) is 26.7 Å². The molecule has 1 unspecified atom stereocenters. The summed E-state index contributed by atoms with van der Waals surface area (Å²) in [6, 6.07) is 0.309.